The largest absolute Gasteiger partial charge is 0.481 e. The van der Waals surface area contributed by atoms with Crippen LogP contribution in [0.1, 0.15) is 62.1 Å². The second-order valence-electron chi connectivity index (χ2n) is 10.9. The van der Waals surface area contributed by atoms with Gasteiger partial charge < -0.3 is 15.3 Å². The molecule has 5 nitrogen and oxygen atoms in total. The lowest BCUT2D eigenvalue weighted by molar-refractivity contribution is -0.146. The summed E-state index contributed by atoms with van der Waals surface area (Å²) in [4.78, 5) is 26.8. The summed E-state index contributed by atoms with van der Waals surface area (Å²) in [5.74, 6) is -0.107. The summed E-state index contributed by atoms with van der Waals surface area (Å²) in [6, 6.07) is 25.9. The Morgan fingerprint density at radius 2 is 1.57 bits per heavy atom. The first-order valence-corrected chi connectivity index (χ1v) is 13.8. The van der Waals surface area contributed by atoms with Crippen molar-refractivity contribution in [2.45, 2.75) is 51.0 Å². The van der Waals surface area contributed by atoms with Gasteiger partial charge in [0.05, 0.1) is 5.92 Å². The fourth-order valence-corrected chi connectivity index (χ4v) is 6.43. The second kappa shape index (κ2) is 11.5. The van der Waals surface area contributed by atoms with E-state index in [9.17, 15) is 14.7 Å². The van der Waals surface area contributed by atoms with Gasteiger partial charge in [0.2, 0.25) is 5.91 Å². The van der Waals surface area contributed by atoms with Crippen LogP contribution in [0, 0.1) is 17.8 Å². The van der Waals surface area contributed by atoms with Gasteiger partial charge in [-0.05, 0) is 73.4 Å². The highest BCUT2D eigenvalue weighted by atomic mass is 16.4. The number of carboxylic acids is 1. The lowest BCUT2D eigenvalue weighted by atomic mass is 9.78. The number of nitrogens with zero attached hydrogens (tertiary/aromatic N) is 1. The van der Waals surface area contributed by atoms with E-state index in [0.29, 0.717) is 31.6 Å². The first-order chi connectivity index (χ1) is 18.0. The van der Waals surface area contributed by atoms with Gasteiger partial charge in [-0.15, -0.1) is 0 Å². The molecular weight excluding hydrogens is 460 g/mol. The molecule has 5 rings (SSSR count). The van der Waals surface area contributed by atoms with Crippen molar-refractivity contribution >= 4 is 22.6 Å². The van der Waals surface area contributed by atoms with Crippen LogP contribution in [0.5, 0.6) is 0 Å². The number of fused-ring (bicyclic) bond motifs is 1. The van der Waals surface area contributed by atoms with Crippen molar-refractivity contribution in [2.24, 2.45) is 17.8 Å². The molecule has 37 heavy (non-hydrogen) atoms. The summed E-state index contributed by atoms with van der Waals surface area (Å²) in [5.41, 5.74) is 2.61. The van der Waals surface area contributed by atoms with Crippen molar-refractivity contribution in [3.63, 3.8) is 0 Å². The van der Waals surface area contributed by atoms with Gasteiger partial charge >= 0.3 is 5.97 Å². The Bertz CT molecular complexity index is 1210. The number of hydrogen-bond acceptors (Lipinski definition) is 3. The van der Waals surface area contributed by atoms with Crippen LogP contribution in [-0.2, 0) is 9.59 Å². The summed E-state index contributed by atoms with van der Waals surface area (Å²) in [5, 5.41) is 15.7. The predicted octanol–water partition coefficient (Wildman–Crippen LogP) is 6.01. The van der Waals surface area contributed by atoms with Gasteiger partial charge in [-0.3, -0.25) is 9.59 Å². The highest BCUT2D eigenvalue weighted by Crippen LogP contribution is 2.36. The van der Waals surface area contributed by atoms with E-state index in [4.69, 9.17) is 0 Å². The van der Waals surface area contributed by atoms with Crippen LogP contribution in [0.15, 0.2) is 72.8 Å². The lowest BCUT2D eigenvalue weighted by Gasteiger charge is -2.41. The number of hydrogen-bond donors (Lipinski definition) is 2. The normalized spacial score (nSPS) is 25.1. The number of benzene rings is 3. The molecule has 3 aromatic rings. The summed E-state index contributed by atoms with van der Waals surface area (Å²) in [6.45, 7) is 4.65. The molecule has 1 aliphatic heterocycles. The van der Waals surface area contributed by atoms with E-state index in [1.165, 1.54) is 21.9 Å². The number of carboxylic acid groups (broad SMARTS) is 1. The number of aliphatic carboxylic acids is 1. The molecule has 1 saturated carbocycles. The van der Waals surface area contributed by atoms with Gasteiger partial charge in [0.15, 0.2) is 0 Å². The summed E-state index contributed by atoms with van der Waals surface area (Å²) in [7, 11) is 0. The molecule has 5 heteroatoms. The van der Waals surface area contributed by atoms with Crippen LogP contribution >= 0.6 is 0 Å². The molecule has 1 heterocycles. The Morgan fingerprint density at radius 3 is 2.32 bits per heavy atom. The maximum atomic E-state index is 13.5. The molecule has 3 aromatic carbocycles. The highest BCUT2D eigenvalue weighted by molar-refractivity contribution is 5.86. The maximum Gasteiger partial charge on any atom is 0.306 e. The fourth-order valence-electron chi connectivity index (χ4n) is 6.43. The van der Waals surface area contributed by atoms with Crippen LogP contribution in [0.2, 0.25) is 0 Å². The lowest BCUT2D eigenvalue weighted by Crippen LogP contribution is -2.48. The zero-order valence-corrected chi connectivity index (χ0v) is 21.7. The maximum absolute atomic E-state index is 13.5. The average molecular weight is 499 g/mol. The van der Waals surface area contributed by atoms with Gasteiger partial charge in [0, 0.05) is 31.0 Å². The highest BCUT2D eigenvalue weighted by Gasteiger charge is 2.37. The topological polar surface area (TPSA) is 69.6 Å². The zero-order valence-electron chi connectivity index (χ0n) is 21.7. The van der Waals surface area contributed by atoms with E-state index < -0.39 is 5.97 Å². The van der Waals surface area contributed by atoms with E-state index in [2.05, 4.69) is 83.9 Å². The van der Waals surface area contributed by atoms with Crippen LogP contribution in [-0.4, -0.2) is 41.5 Å². The molecule has 0 spiro atoms. The number of carbonyl (C=O) groups excluding carboxylic acids is 1. The molecule has 0 bridgehead atoms. The molecule has 194 valence electrons. The zero-order chi connectivity index (χ0) is 25.8. The molecule has 1 saturated heterocycles. The second-order valence-corrected chi connectivity index (χ2v) is 10.9. The number of rotatable bonds is 7. The van der Waals surface area contributed by atoms with Crippen molar-refractivity contribution in [1.29, 1.82) is 0 Å². The molecule has 2 aliphatic rings. The molecular formula is C32H38N2O3. The minimum Gasteiger partial charge on any atom is -0.481 e. The fraction of sp³-hybridized carbons (Fsp3) is 0.438. The SMILES string of the molecule is C[C@@H](NCC1CCN(C(=O)[C@H]2CC[C@@H](C(=O)O)CC2)CC1c1ccccc1)c1cccc2ccccc12. The Balaban J connectivity index is 1.27. The minimum atomic E-state index is -0.721. The Hall–Kier alpha value is -3.18. The summed E-state index contributed by atoms with van der Waals surface area (Å²) >= 11 is 0. The monoisotopic (exact) mass is 498 g/mol. The van der Waals surface area contributed by atoms with E-state index in [0.717, 1.165) is 26.1 Å². The summed E-state index contributed by atoms with van der Waals surface area (Å²) < 4.78 is 0. The standard InChI is InChI=1S/C32H38N2O3/c1-22(28-13-7-11-23-10-5-6-12-29(23)28)33-20-27-18-19-34(21-30(27)24-8-3-2-4-9-24)31(35)25-14-16-26(17-15-25)32(36)37/h2-13,22,25-27,30,33H,14-21H2,1H3,(H,36,37)/t22-,25-,26+,27?,30?/m1/s1. The van der Waals surface area contributed by atoms with Crippen LogP contribution < -0.4 is 5.32 Å². The average Bonchev–Trinajstić information content (AvgIpc) is 2.95. The molecule has 2 fully saturated rings. The van der Waals surface area contributed by atoms with Gasteiger partial charge in [-0.2, -0.15) is 0 Å². The first-order valence-electron chi connectivity index (χ1n) is 13.8. The van der Waals surface area contributed by atoms with Crippen LogP contribution in [0.4, 0.5) is 0 Å². The number of likely N-dealkylation sites (tertiary alicyclic amines) is 1. The Morgan fingerprint density at radius 1 is 0.892 bits per heavy atom. The molecule has 2 unspecified atom stereocenters. The van der Waals surface area contributed by atoms with Crippen molar-refractivity contribution < 1.29 is 14.7 Å². The van der Waals surface area contributed by atoms with Crippen molar-refractivity contribution in [2.75, 3.05) is 19.6 Å². The third-order valence-corrected chi connectivity index (χ3v) is 8.70. The quantitative estimate of drug-likeness (QED) is 0.418. The number of nitrogens with one attached hydrogen (secondary N) is 1. The van der Waals surface area contributed by atoms with Gasteiger partial charge in [-0.1, -0.05) is 72.8 Å². The summed E-state index contributed by atoms with van der Waals surface area (Å²) in [6.07, 6.45) is 3.57. The van der Waals surface area contributed by atoms with E-state index in [-0.39, 0.29) is 29.7 Å². The Kier molecular flexibility index (Phi) is 7.90. The smallest absolute Gasteiger partial charge is 0.306 e. The van der Waals surface area contributed by atoms with E-state index >= 15 is 0 Å². The van der Waals surface area contributed by atoms with Crippen LogP contribution in [0.3, 0.4) is 0 Å². The third-order valence-electron chi connectivity index (χ3n) is 8.70. The molecule has 1 amide bonds. The van der Waals surface area contributed by atoms with E-state index in [1.807, 2.05) is 6.07 Å². The van der Waals surface area contributed by atoms with Gasteiger partial charge in [0.1, 0.15) is 0 Å². The molecule has 3 atom stereocenters. The minimum absolute atomic E-state index is 0.0342. The van der Waals surface area contributed by atoms with Crippen molar-refractivity contribution in [3.8, 4) is 0 Å². The van der Waals surface area contributed by atoms with Gasteiger partial charge in [-0.25, -0.2) is 0 Å². The Labute approximate surface area is 219 Å². The molecule has 1 aliphatic carbocycles. The van der Waals surface area contributed by atoms with Crippen molar-refractivity contribution in [1.82, 2.24) is 10.2 Å². The predicted molar refractivity (Wildman–Crippen MR) is 147 cm³/mol. The van der Waals surface area contributed by atoms with E-state index in [1.54, 1.807) is 0 Å². The first kappa shape index (κ1) is 25.5. The number of amides is 1. The van der Waals surface area contributed by atoms with Gasteiger partial charge in [0.25, 0.3) is 0 Å². The molecule has 0 radical (unpaired) electrons. The third kappa shape index (κ3) is 5.72. The molecule has 2 N–H and O–H groups in total. The van der Waals surface area contributed by atoms with Crippen molar-refractivity contribution in [3.05, 3.63) is 83.9 Å². The number of piperidine rings is 1. The molecule has 0 aromatic heterocycles. The number of carbonyl (C=O) groups is 2. The van der Waals surface area contributed by atoms with Crippen LogP contribution in [0.25, 0.3) is 10.8 Å².